The van der Waals surface area contributed by atoms with Crippen LogP contribution in [0.15, 0.2) is 41.1 Å². The van der Waals surface area contributed by atoms with Gasteiger partial charge in [-0.2, -0.15) is 11.3 Å². The summed E-state index contributed by atoms with van der Waals surface area (Å²) < 4.78 is 5.49. The number of carbonyl (C=O) groups excluding carboxylic acids is 1. The molecule has 1 atom stereocenters. The van der Waals surface area contributed by atoms with Gasteiger partial charge in [-0.15, -0.1) is 0 Å². The van der Waals surface area contributed by atoms with E-state index in [2.05, 4.69) is 18.3 Å². The fourth-order valence-electron chi connectivity index (χ4n) is 2.12. The highest BCUT2D eigenvalue weighted by molar-refractivity contribution is 7.07. The van der Waals surface area contributed by atoms with Crippen molar-refractivity contribution in [3.63, 3.8) is 0 Å². The molecule has 1 aromatic heterocycles. The molecule has 0 fully saturated rings. The number of benzene rings is 1. The van der Waals surface area contributed by atoms with Crippen molar-refractivity contribution in [3.8, 4) is 0 Å². The maximum atomic E-state index is 11.9. The lowest BCUT2D eigenvalue weighted by Gasteiger charge is -2.18. The van der Waals surface area contributed by atoms with Crippen LogP contribution in [0.3, 0.4) is 0 Å². The van der Waals surface area contributed by atoms with Crippen LogP contribution in [0.4, 0.5) is 0 Å². The molecule has 0 bridgehead atoms. The van der Waals surface area contributed by atoms with Gasteiger partial charge in [0.05, 0.1) is 12.5 Å². The summed E-state index contributed by atoms with van der Waals surface area (Å²) in [5.74, 6) is 0.0269. The van der Waals surface area contributed by atoms with Crippen molar-refractivity contribution in [1.29, 1.82) is 0 Å². The molecule has 0 aliphatic rings. The van der Waals surface area contributed by atoms with Crippen LogP contribution in [0, 0.1) is 6.92 Å². The predicted octanol–water partition coefficient (Wildman–Crippen LogP) is 3.10. The minimum atomic E-state index is -0.109. The molecular weight excluding hydrogens is 270 g/mol. The number of carbonyl (C=O) groups is 1. The van der Waals surface area contributed by atoms with Crippen LogP contribution >= 0.6 is 11.3 Å². The Morgan fingerprint density at radius 3 is 2.80 bits per heavy atom. The van der Waals surface area contributed by atoms with E-state index in [1.54, 1.807) is 18.4 Å². The number of hydrogen-bond donors (Lipinski definition) is 1. The number of amides is 1. The molecule has 0 saturated carbocycles. The second-order valence-electron chi connectivity index (χ2n) is 4.69. The van der Waals surface area contributed by atoms with Crippen LogP contribution in [0.1, 0.15) is 22.8 Å². The van der Waals surface area contributed by atoms with Gasteiger partial charge < -0.3 is 10.1 Å². The molecule has 0 aliphatic carbocycles. The summed E-state index contributed by atoms with van der Waals surface area (Å²) in [6.07, 6.45) is 0.316. The maximum absolute atomic E-state index is 11.9. The Morgan fingerprint density at radius 2 is 2.15 bits per heavy atom. The molecular formula is C16H19NO2S. The Balaban J connectivity index is 1.91. The molecule has 1 heterocycles. The molecule has 0 unspecified atom stereocenters. The van der Waals surface area contributed by atoms with Crippen LogP contribution in [0.5, 0.6) is 0 Å². The molecule has 0 spiro atoms. The van der Waals surface area contributed by atoms with Crippen LogP contribution in [0.25, 0.3) is 0 Å². The lowest BCUT2D eigenvalue weighted by Crippen LogP contribution is -2.30. The summed E-state index contributed by atoms with van der Waals surface area (Å²) in [7, 11) is 1.67. The Kier molecular flexibility index (Phi) is 5.32. The number of thiophene rings is 1. The highest BCUT2D eigenvalue weighted by atomic mass is 32.1. The van der Waals surface area contributed by atoms with E-state index in [-0.39, 0.29) is 12.0 Å². The van der Waals surface area contributed by atoms with Crippen molar-refractivity contribution in [1.82, 2.24) is 5.32 Å². The molecule has 20 heavy (non-hydrogen) atoms. The van der Waals surface area contributed by atoms with Crippen molar-refractivity contribution in [2.75, 3.05) is 13.7 Å². The Labute approximate surface area is 123 Å². The molecule has 1 aromatic carbocycles. The van der Waals surface area contributed by atoms with Gasteiger partial charge in [-0.05, 0) is 40.4 Å². The van der Waals surface area contributed by atoms with Gasteiger partial charge in [0.2, 0.25) is 5.91 Å². The predicted molar refractivity (Wildman–Crippen MR) is 82.0 cm³/mol. The molecule has 1 N–H and O–H groups in total. The number of ether oxygens (including phenoxy) is 1. The summed E-state index contributed by atoms with van der Waals surface area (Å²) in [4.78, 5) is 11.9. The van der Waals surface area contributed by atoms with Crippen molar-refractivity contribution < 1.29 is 9.53 Å². The Hall–Kier alpha value is -1.65. The lowest BCUT2D eigenvalue weighted by molar-refractivity contribution is -0.121. The third-order valence-electron chi connectivity index (χ3n) is 3.25. The van der Waals surface area contributed by atoms with Crippen molar-refractivity contribution >= 4 is 17.2 Å². The monoisotopic (exact) mass is 289 g/mol. The van der Waals surface area contributed by atoms with E-state index in [9.17, 15) is 4.79 Å². The first kappa shape index (κ1) is 14.8. The Bertz CT molecular complexity index is 551. The van der Waals surface area contributed by atoms with Gasteiger partial charge in [-0.25, -0.2) is 0 Å². The normalized spacial score (nSPS) is 12.1. The zero-order chi connectivity index (χ0) is 14.4. The van der Waals surface area contributed by atoms with Crippen LogP contribution in [-0.2, 0) is 16.0 Å². The first-order valence-electron chi connectivity index (χ1n) is 6.57. The molecule has 106 valence electrons. The third-order valence-corrected chi connectivity index (χ3v) is 3.98. The van der Waals surface area contributed by atoms with Crippen molar-refractivity contribution in [2.24, 2.45) is 0 Å². The van der Waals surface area contributed by atoms with E-state index in [0.29, 0.717) is 13.0 Å². The molecule has 2 aromatic rings. The van der Waals surface area contributed by atoms with Gasteiger partial charge in [0.15, 0.2) is 0 Å². The van der Waals surface area contributed by atoms with Crippen LogP contribution in [0.2, 0.25) is 0 Å². The van der Waals surface area contributed by atoms with Crippen LogP contribution in [-0.4, -0.2) is 19.6 Å². The minimum absolute atomic E-state index is 0.0269. The van der Waals surface area contributed by atoms with Gasteiger partial charge in [0.25, 0.3) is 0 Å². The number of nitrogens with one attached hydrogen (secondary N) is 1. The van der Waals surface area contributed by atoms with E-state index in [1.165, 1.54) is 5.56 Å². The molecule has 2 rings (SSSR count). The molecule has 1 amide bonds. The highest BCUT2D eigenvalue weighted by Crippen LogP contribution is 2.19. The minimum Gasteiger partial charge on any atom is -0.375 e. The van der Waals surface area contributed by atoms with Gasteiger partial charge >= 0.3 is 0 Å². The topological polar surface area (TPSA) is 38.3 Å². The summed E-state index contributed by atoms with van der Waals surface area (Å²) in [5, 5.41) is 6.91. The second-order valence-corrected chi connectivity index (χ2v) is 5.47. The van der Waals surface area contributed by atoms with Crippen molar-refractivity contribution in [3.05, 3.63) is 57.8 Å². The average molecular weight is 289 g/mol. The fourth-order valence-corrected chi connectivity index (χ4v) is 2.78. The summed E-state index contributed by atoms with van der Waals surface area (Å²) in [6, 6.07) is 10.0. The van der Waals surface area contributed by atoms with Crippen LogP contribution < -0.4 is 5.32 Å². The number of hydrogen-bond acceptors (Lipinski definition) is 3. The molecule has 0 saturated heterocycles. The zero-order valence-electron chi connectivity index (χ0n) is 11.8. The quantitative estimate of drug-likeness (QED) is 0.887. The van der Waals surface area contributed by atoms with E-state index in [4.69, 9.17) is 4.74 Å². The summed E-state index contributed by atoms with van der Waals surface area (Å²) in [5.41, 5.74) is 3.34. The van der Waals surface area contributed by atoms with E-state index >= 15 is 0 Å². The first-order chi connectivity index (χ1) is 9.70. The molecule has 0 radical (unpaired) electrons. The second kappa shape index (κ2) is 7.22. The number of methoxy groups -OCH3 is 1. The standard InChI is InChI=1S/C16H19NO2S/c1-12-5-3-4-6-14(12)15(19-2)10-17-16(18)9-13-7-8-20-11-13/h3-8,11,15H,9-10H2,1-2H3,(H,17,18)/t15-/m0/s1. The van der Waals surface area contributed by atoms with E-state index in [1.807, 2.05) is 35.0 Å². The molecule has 3 nitrogen and oxygen atoms in total. The number of aryl methyl sites for hydroxylation is 1. The first-order valence-corrected chi connectivity index (χ1v) is 7.51. The lowest BCUT2D eigenvalue weighted by atomic mass is 10.0. The van der Waals surface area contributed by atoms with Gasteiger partial charge in [0.1, 0.15) is 0 Å². The SMILES string of the molecule is CO[C@@H](CNC(=O)Cc1ccsc1)c1ccccc1C. The van der Waals surface area contributed by atoms with Gasteiger partial charge in [-0.1, -0.05) is 24.3 Å². The largest absolute Gasteiger partial charge is 0.375 e. The van der Waals surface area contributed by atoms with E-state index in [0.717, 1.165) is 11.1 Å². The smallest absolute Gasteiger partial charge is 0.224 e. The maximum Gasteiger partial charge on any atom is 0.224 e. The summed E-state index contributed by atoms with van der Waals surface area (Å²) >= 11 is 1.60. The number of rotatable bonds is 6. The highest BCUT2D eigenvalue weighted by Gasteiger charge is 2.14. The van der Waals surface area contributed by atoms with Gasteiger partial charge in [0, 0.05) is 13.7 Å². The Morgan fingerprint density at radius 1 is 1.35 bits per heavy atom. The third kappa shape index (κ3) is 3.92. The zero-order valence-corrected chi connectivity index (χ0v) is 12.6. The van der Waals surface area contributed by atoms with Gasteiger partial charge in [-0.3, -0.25) is 4.79 Å². The molecule has 4 heteroatoms. The average Bonchev–Trinajstić information content (AvgIpc) is 2.94. The summed E-state index contributed by atoms with van der Waals surface area (Å²) in [6.45, 7) is 2.54. The fraction of sp³-hybridized carbons (Fsp3) is 0.312. The molecule has 0 aliphatic heterocycles. The van der Waals surface area contributed by atoms with E-state index < -0.39 is 0 Å². The van der Waals surface area contributed by atoms with Crippen molar-refractivity contribution in [2.45, 2.75) is 19.4 Å².